The Bertz CT molecular complexity index is 648. The third-order valence-electron chi connectivity index (χ3n) is 3.88. The van der Waals surface area contributed by atoms with Gasteiger partial charge in [-0.3, -0.25) is 4.79 Å². The van der Waals surface area contributed by atoms with Gasteiger partial charge in [-0.25, -0.2) is 4.98 Å². The van der Waals surface area contributed by atoms with Crippen LogP contribution in [0.1, 0.15) is 36.9 Å². The number of piperidine rings is 1. The first kappa shape index (κ1) is 12.7. The number of aryl methyl sites for hydroxylation is 1. The fraction of sp³-hybridized carbons (Fsp3) is 0.615. The van der Waals surface area contributed by atoms with Gasteiger partial charge < -0.3 is 4.90 Å². The Labute approximate surface area is 115 Å². The Morgan fingerprint density at radius 1 is 1.53 bits per heavy atom. The van der Waals surface area contributed by atoms with E-state index in [1.54, 1.807) is 16.2 Å². The van der Waals surface area contributed by atoms with Crippen molar-refractivity contribution in [1.29, 1.82) is 0 Å². The molecule has 2 aromatic heterocycles. The van der Waals surface area contributed by atoms with Crippen molar-refractivity contribution in [2.24, 2.45) is 0 Å². The molecule has 2 aromatic rings. The number of nitrogens with zero attached hydrogens (tertiary/aromatic N) is 3. The molecule has 0 radical (unpaired) electrons. The van der Waals surface area contributed by atoms with E-state index in [-0.39, 0.29) is 5.56 Å². The summed E-state index contributed by atoms with van der Waals surface area (Å²) in [6.45, 7) is 6.27. The molecule has 0 amide bonds. The second-order valence-electron chi connectivity index (χ2n) is 5.41. The van der Waals surface area contributed by atoms with E-state index in [0.29, 0.717) is 11.0 Å². The Kier molecular flexibility index (Phi) is 3.36. The Morgan fingerprint density at radius 2 is 2.37 bits per heavy atom. The van der Waals surface area contributed by atoms with Crippen molar-refractivity contribution in [1.82, 2.24) is 14.6 Å². The van der Waals surface area contributed by atoms with Crippen molar-refractivity contribution in [3.63, 3.8) is 0 Å². The lowest BCUT2D eigenvalue weighted by Gasteiger charge is -2.29. The molecular weight excluding hydrogens is 260 g/mol. The van der Waals surface area contributed by atoms with Crippen molar-refractivity contribution in [3.05, 3.63) is 27.1 Å². The minimum absolute atomic E-state index is 0.0771. The standard InChI is InChI=1S/C13H18N4OS/c1-9-7-12(18)17-13(14-9)19-11(15-17)8-16-6-4-3-5-10(16)2/h7,10H,3-6,8H2,1-2H3/p+1/t10-/m1/s1. The Balaban J connectivity index is 1.89. The van der Waals surface area contributed by atoms with Gasteiger partial charge in [-0.15, -0.1) is 0 Å². The van der Waals surface area contributed by atoms with E-state index in [1.165, 1.54) is 36.4 Å². The fourth-order valence-corrected chi connectivity index (χ4v) is 3.74. The number of hydrogen-bond acceptors (Lipinski definition) is 4. The lowest BCUT2D eigenvalue weighted by molar-refractivity contribution is -0.941. The normalized spacial score (nSPS) is 23.9. The molecular formula is C13H19N4OS+. The third kappa shape index (κ3) is 2.55. The highest BCUT2D eigenvalue weighted by molar-refractivity contribution is 7.16. The van der Waals surface area contributed by atoms with Crippen molar-refractivity contribution in [2.75, 3.05) is 6.54 Å². The summed E-state index contributed by atoms with van der Waals surface area (Å²) in [6, 6.07) is 2.22. The van der Waals surface area contributed by atoms with Gasteiger partial charge in [0.15, 0.2) is 5.01 Å². The van der Waals surface area contributed by atoms with Crippen LogP contribution in [0.25, 0.3) is 4.96 Å². The summed E-state index contributed by atoms with van der Waals surface area (Å²) in [5, 5.41) is 5.43. The topological polar surface area (TPSA) is 51.7 Å². The van der Waals surface area contributed by atoms with Gasteiger partial charge in [0.2, 0.25) is 4.96 Å². The van der Waals surface area contributed by atoms with E-state index in [0.717, 1.165) is 17.2 Å². The molecule has 6 heteroatoms. The molecule has 1 unspecified atom stereocenters. The van der Waals surface area contributed by atoms with E-state index in [1.807, 2.05) is 6.92 Å². The zero-order valence-electron chi connectivity index (χ0n) is 11.3. The number of rotatable bonds is 2. The van der Waals surface area contributed by atoms with Gasteiger partial charge >= 0.3 is 0 Å². The van der Waals surface area contributed by atoms with E-state index in [9.17, 15) is 4.79 Å². The highest BCUT2D eigenvalue weighted by atomic mass is 32.1. The number of hydrogen-bond donors (Lipinski definition) is 1. The average Bonchev–Trinajstić information content (AvgIpc) is 2.75. The molecule has 5 nitrogen and oxygen atoms in total. The van der Waals surface area contributed by atoms with E-state index < -0.39 is 0 Å². The largest absolute Gasteiger partial charge is 0.327 e. The molecule has 0 spiro atoms. The number of aromatic nitrogens is 3. The minimum Gasteiger partial charge on any atom is -0.327 e. The molecule has 102 valence electrons. The molecule has 1 saturated heterocycles. The predicted molar refractivity (Wildman–Crippen MR) is 74.7 cm³/mol. The van der Waals surface area contributed by atoms with E-state index >= 15 is 0 Å². The van der Waals surface area contributed by atoms with Crippen LogP contribution < -0.4 is 10.5 Å². The summed E-state index contributed by atoms with van der Waals surface area (Å²) in [7, 11) is 0. The van der Waals surface area contributed by atoms with Crippen LogP contribution in [0.3, 0.4) is 0 Å². The van der Waals surface area contributed by atoms with Gasteiger partial charge in [0.1, 0.15) is 6.54 Å². The van der Waals surface area contributed by atoms with Crippen LogP contribution in [0.4, 0.5) is 0 Å². The van der Waals surface area contributed by atoms with Crippen LogP contribution in [0, 0.1) is 6.92 Å². The lowest BCUT2D eigenvalue weighted by Crippen LogP contribution is -3.14. The van der Waals surface area contributed by atoms with E-state index in [4.69, 9.17) is 0 Å². The summed E-state index contributed by atoms with van der Waals surface area (Å²) in [6.07, 6.45) is 3.92. The third-order valence-corrected chi connectivity index (χ3v) is 4.78. The van der Waals surface area contributed by atoms with Gasteiger partial charge in [0.25, 0.3) is 5.56 Å². The summed E-state index contributed by atoms with van der Waals surface area (Å²) >= 11 is 1.54. The molecule has 1 aliphatic rings. The minimum atomic E-state index is -0.0771. The smallest absolute Gasteiger partial charge is 0.275 e. The average molecular weight is 279 g/mol. The Morgan fingerprint density at radius 3 is 3.16 bits per heavy atom. The quantitative estimate of drug-likeness (QED) is 0.866. The molecule has 0 bridgehead atoms. The number of nitrogens with one attached hydrogen (secondary N) is 1. The van der Waals surface area contributed by atoms with Crippen LogP contribution >= 0.6 is 11.3 Å². The highest BCUT2D eigenvalue weighted by Gasteiger charge is 2.23. The zero-order valence-corrected chi connectivity index (χ0v) is 12.2. The molecule has 2 atom stereocenters. The van der Waals surface area contributed by atoms with Crippen LogP contribution in [-0.2, 0) is 6.54 Å². The summed E-state index contributed by atoms with van der Waals surface area (Å²) in [5.74, 6) is 0. The fourth-order valence-electron chi connectivity index (χ4n) is 2.74. The number of likely N-dealkylation sites (tertiary alicyclic amines) is 1. The second kappa shape index (κ2) is 5.02. The SMILES string of the molecule is Cc1cc(=O)n2nc(C[NH+]3CCCC[C@H]3C)sc2n1. The van der Waals surface area contributed by atoms with Gasteiger partial charge in [-0.05, 0) is 33.1 Å². The highest BCUT2D eigenvalue weighted by Crippen LogP contribution is 2.11. The molecule has 3 heterocycles. The maximum atomic E-state index is 11.8. The van der Waals surface area contributed by atoms with Crippen molar-refractivity contribution < 1.29 is 4.90 Å². The van der Waals surface area contributed by atoms with Crippen LogP contribution in [0.5, 0.6) is 0 Å². The van der Waals surface area contributed by atoms with Crippen molar-refractivity contribution in [3.8, 4) is 0 Å². The van der Waals surface area contributed by atoms with Crippen molar-refractivity contribution >= 4 is 16.3 Å². The maximum Gasteiger partial charge on any atom is 0.275 e. The van der Waals surface area contributed by atoms with Gasteiger partial charge in [0, 0.05) is 11.8 Å². The Hall–Kier alpha value is -1.27. The molecule has 0 aliphatic carbocycles. The first-order valence-electron chi connectivity index (χ1n) is 6.84. The number of quaternary nitrogens is 1. The van der Waals surface area contributed by atoms with Crippen LogP contribution in [0.15, 0.2) is 10.9 Å². The summed E-state index contributed by atoms with van der Waals surface area (Å²) < 4.78 is 1.43. The van der Waals surface area contributed by atoms with Gasteiger partial charge in [-0.2, -0.15) is 9.61 Å². The predicted octanol–water partition coefficient (Wildman–Crippen LogP) is 0.417. The molecule has 1 fully saturated rings. The first-order chi connectivity index (χ1) is 9.13. The molecule has 1 aliphatic heterocycles. The maximum absolute atomic E-state index is 11.8. The molecule has 3 rings (SSSR count). The van der Waals surface area contributed by atoms with Crippen LogP contribution in [-0.4, -0.2) is 27.2 Å². The summed E-state index contributed by atoms with van der Waals surface area (Å²) in [5.41, 5.74) is 0.686. The molecule has 0 saturated carbocycles. The second-order valence-corrected chi connectivity index (χ2v) is 6.45. The summed E-state index contributed by atoms with van der Waals surface area (Å²) in [4.78, 5) is 18.5. The number of fused-ring (bicyclic) bond motifs is 1. The van der Waals surface area contributed by atoms with Crippen molar-refractivity contribution in [2.45, 2.75) is 45.7 Å². The first-order valence-corrected chi connectivity index (χ1v) is 7.66. The molecule has 1 N–H and O–H groups in total. The van der Waals surface area contributed by atoms with Gasteiger partial charge in [-0.1, -0.05) is 11.3 Å². The van der Waals surface area contributed by atoms with Crippen LogP contribution in [0.2, 0.25) is 0 Å². The van der Waals surface area contributed by atoms with E-state index in [2.05, 4.69) is 17.0 Å². The lowest BCUT2D eigenvalue weighted by atomic mass is 10.0. The molecule has 19 heavy (non-hydrogen) atoms. The molecule has 0 aromatic carbocycles. The monoisotopic (exact) mass is 279 g/mol. The van der Waals surface area contributed by atoms with Gasteiger partial charge in [0.05, 0.1) is 12.6 Å². The zero-order chi connectivity index (χ0) is 13.4.